The lowest BCUT2D eigenvalue weighted by molar-refractivity contribution is -0.0420. The van der Waals surface area contributed by atoms with Crippen LogP contribution in [0.25, 0.3) is 22.0 Å². The Labute approximate surface area is 324 Å². The molecule has 0 unspecified atom stereocenters. The second-order valence-electron chi connectivity index (χ2n) is 14.5. The molecule has 0 bridgehead atoms. The fraction of sp³-hybridized carbons (Fsp3) is 0.267. The number of halogens is 1. The van der Waals surface area contributed by atoms with Crippen LogP contribution in [-0.2, 0) is 19.4 Å². The van der Waals surface area contributed by atoms with E-state index in [-0.39, 0.29) is 24.1 Å². The third-order valence-corrected chi connectivity index (χ3v) is 11.4. The molecule has 3 heterocycles. The Morgan fingerprint density at radius 2 is 1.72 bits per heavy atom. The highest BCUT2D eigenvalue weighted by molar-refractivity contribution is 9.10. The van der Waals surface area contributed by atoms with Crippen molar-refractivity contribution in [3.05, 3.63) is 154 Å². The number of aromatic nitrogens is 2. The molecule has 272 valence electrons. The van der Waals surface area contributed by atoms with Crippen LogP contribution in [0.1, 0.15) is 64.3 Å². The van der Waals surface area contributed by atoms with E-state index in [2.05, 4.69) is 66.6 Å². The standard InChI is InChI=1S/C45H42BrN5O3/c46-34-25-38-40(26-45(18-9-19-45)54-44(38)49-28-34)48-29-42(52)39(22-31-12-5-2-6-13-31)50-43(53)33-23-37(35-15-8-7-14-32(35)27-47)36-17-21-51(41(36)24-33)20-16-30-10-3-1-4-11-30/h1-8,10-15,17,21,23-25,28,39-40,42,48,52H,9,16,18-20,22,26,29H2,(H,50,53)/t39-,40-,42+/m0/s1. The van der Waals surface area contributed by atoms with Crippen molar-refractivity contribution in [2.75, 3.05) is 6.54 Å². The number of benzene rings is 4. The highest BCUT2D eigenvalue weighted by Crippen LogP contribution is 2.48. The number of hydrogen-bond acceptors (Lipinski definition) is 6. The van der Waals surface area contributed by atoms with E-state index in [9.17, 15) is 15.2 Å². The number of pyridine rings is 1. The molecule has 8 nitrogen and oxygen atoms in total. The number of hydrogen-bond donors (Lipinski definition) is 3. The lowest BCUT2D eigenvalue weighted by Crippen LogP contribution is -2.52. The summed E-state index contributed by atoms with van der Waals surface area (Å²) in [5.74, 6) is 0.351. The summed E-state index contributed by atoms with van der Waals surface area (Å²) in [5.41, 5.74) is 6.47. The molecule has 3 N–H and O–H groups in total. The maximum Gasteiger partial charge on any atom is 0.251 e. The van der Waals surface area contributed by atoms with E-state index in [0.29, 0.717) is 23.4 Å². The number of ether oxygens (including phenoxy) is 1. The van der Waals surface area contributed by atoms with E-state index < -0.39 is 12.1 Å². The fourth-order valence-electron chi connectivity index (χ4n) is 7.93. The van der Waals surface area contributed by atoms with Crippen molar-refractivity contribution in [3.8, 4) is 23.1 Å². The van der Waals surface area contributed by atoms with Gasteiger partial charge < -0.3 is 25.0 Å². The van der Waals surface area contributed by atoms with Gasteiger partial charge in [-0.1, -0.05) is 78.9 Å². The first kappa shape index (κ1) is 35.7. The summed E-state index contributed by atoms with van der Waals surface area (Å²) >= 11 is 3.57. The number of rotatable bonds is 12. The summed E-state index contributed by atoms with van der Waals surface area (Å²) in [7, 11) is 0. The summed E-state index contributed by atoms with van der Waals surface area (Å²) in [6.07, 6.45) is 8.06. The number of carbonyl (C=O) groups excluding carboxylic acids is 1. The Hall–Kier alpha value is -5.27. The van der Waals surface area contributed by atoms with Gasteiger partial charge in [-0.2, -0.15) is 5.26 Å². The molecule has 1 aliphatic heterocycles. The van der Waals surface area contributed by atoms with E-state index in [1.165, 1.54) is 5.56 Å². The average molecular weight is 781 g/mol. The Morgan fingerprint density at radius 3 is 2.46 bits per heavy atom. The average Bonchev–Trinajstić information content (AvgIpc) is 3.61. The zero-order valence-corrected chi connectivity index (χ0v) is 31.5. The van der Waals surface area contributed by atoms with Gasteiger partial charge in [0.1, 0.15) is 5.60 Å². The van der Waals surface area contributed by atoms with Gasteiger partial charge in [-0.05, 0) is 95.1 Å². The van der Waals surface area contributed by atoms with Gasteiger partial charge in [0.15, 0.2) is 0 Å². The second-order valence-corrected chi connectivity index (χ2v) is 15.5. The smallest absolute Gasteiger partial charge is 0.251 e. The molecule has 8 rings (SSSR count). The largest absolute Gasteiger partial charge is 0.471 e. The number of nitrogens with one attached hydrogen (secondary N) is 2. The first-order valence-electron chi connectivity index (χ1n) is 18.6. The van der Waals surface area contributed by atoms with Gasteiger partial charge in [0, 0.05) is 70.0 Å². The summed E-state index contributed by atoms with van der Waals surface area (Å²) in [6.45, 7) is 0.980. The minimum atomic E-state index is -0.907. The van der Waals surface area contributed by atoms with E-state index in [0.717, 1.165) is 76.3 Å². The lowest BCUT2D eigenvalue weighted by atomic mass is 9.73. The minimum absolute atomic E-state index is 0.0596. The van der Waals surface area contributed by atoms with Crippen molar-refractivity contribution in [2.24, 2.45) is 0 Å². The molecule has 54 heavy (non-hydrogen) atoms. The molecule has 1 aliphatic carbocycles. The Bertz CT molecular complexity index is 2320. The summed E-state index contributed by atoms with van der Waals surface area (Å²) in [4.78, 5) is 19.0. The normalized spacial score (nSPS) is 16.8. The third kappa shape index (κ3) is 7.56. The molecule has 2 aliphatic rings. The van der Waals surface area contributed by atoms with Gasteiger partial charge in [0.25, 0.3) is 5.91 Å². The van der Waals surface area contributed by atoms with E-state index in [1.807, 2.05) is 84.9 Å². The highest BCUT2D eigenvalue weighted by atomic mass is 79.9. The number of amides is 1. The summed E-state index contributed by atoms with van der Waals surface area (Å²) < 4.78 is 9.43. The summed E-state index contributed by atoms with van der Waals surface area (Å²) in [5, 5.41) is 29.8. The van der Waals surface area contributed by atoms with Gasteiger partial charge in [-0.15, -0.1) is 0 Å². The zero-order valence-electron chi connectivity index (χ0n) is 29.9. The molecule has 3 atom stereocenters. The van der Waals surface area contributed by atoms with Crippen molar-refractivity contribution < 1.29 is 14.6 Å². The van der Waals surface area contributed by atoms with Crippen molar-refractivity contribution in [1.82, 2.24) is 20.2 Å². The van der Waals surface area contributed by atoms with Crippen LogP contribution in [0, 0.1) is 11.3 Å². The maximum absolute atomic E-state index is 14.4. The first-order valence-corrected chi connectivity index (χ1v) is 19.4. The number of aryl methyl sites for hydroxylation is 2. The molecule has 1 fully saturated rings. The number of aliphatic hydroxyl groups excluding tert-OH is 1. The predicted molar refractivity (Wildman–Crippen MR) is 214 cm³/mol. The number of nitrogens with zero attached hydrogens (tertiary/aromatic N) is 3. The molecule has 6 aromatic rings. The number of fused-ring (bicyclic) bond motifs is 2. The fourth-order valence-corrected chi connectivity index (χ4v) is 8.28. The zero-order chi connectivity index (χ0) is 37.1. The number of aliphatic hydroxyl groups is 1. The molecule has 9 heteroatoms. The Kier molecular flexibility index (Phi) is 10.3. The second kappa shape index (κ2) is 15.6. The van der Waals surface area contributed by atoms with Crippen LogP contribution in [0.2, 0.25) is 0 Å². The monoisotopic (exact) mass is 779 g/mol. The van der Waals surface area contributed by atoms with Gasteiger partial charge >= 0.3 is 0 Å². The molecule has 2 aromatic heterocycles. The van der Waals surface area contributed by atoms with Crippen molar-refractivity contribution in [2.45, 2.75) is 68.9 Å². The quantitative estimate of drug-likeness (QED) is 0.115. The number of nitriles is 1. The van der Waals surface area contributed by atoms with Gasteiger partial charge in [-0.25, -0.2) is 4.98 Å². The van der Waals surface area contributed by atoms with Gasteiger partial charge in [0.05, 0.1) is 23.8 Å². The topological polar surface area (TPSA) is 112 Å². The van der Waals surface area contributed by atoms with Crippen LogP contribution < -0.4 is 15.4 Å². The highest BCUT2D eigenvalue weighted by Gasteiger charge is 2.46. The van der Waals surface area contributed by atoms with Crippen molar-refractivity contribution in [1.29, 1.82) is 5.26 Å². The minimum Gasteiger partial charge on any atom is -0.471 e. The molecule has 1 amide bonds. The van der Waals surface area contributed by atoms with Gasteiger partial charge in [-0.3, -0.25) is 4.79 Å². The molecule has 4 aromatic carbocycles. The van der Waals surface area contributed by atoms with E-state index in [4.69, 9.17) is 4.74 Å². The summed E-state index contributed by atoms with van der Waals surface area (Å²) in [6, 6.07) is 37.4. The SMILES string of the molecule is N#Cc1ccccc1-c1cc(C(=O)N[C@@H](Cc2ccccc2)[C@H](O)CN[C@H]2CC3(CCC3)Oc3ncc(Br)cc32)cc2c1ccn2CCc1ccccc1. The van der Waals surface area contributed by atoms with Gasteiger partial charge in [0.2, 0.25) is 5.88 Å². The number of carbonyl (C=O) groups is 1. The lowest BCUT2D eigenvalue weighted by Gasteiger charge is -2.47. The molecular weight excluding hydrogens is 738 g/mol. The van der Waals surface area contributed by atoms with Crippen LogP contribution in [0.5, 0.6) is 5.88 Å². The van der Waals surface area contributed by atoms with Crippen LogP contribution >= 0.6 is 15.9 Å². The van der Waals surface area contributed by atoms with E-state index >= 15 is 0 Å². The molecular formula is C45H42BrN5O3. The molecule has 1 spiro atoms. The molecule has 0 radical (unpaired) electrons. The van der Waals surface area contributed by atoms with Crippen LogP contribution in [-0.4, -0.2) is 44.9 Å². The van der Waals surface area contributed by atoms with Crippen LogP contribution in [0.15, 0.2) is 126 Å². The molecule has 1 saturated carbocycles. The maximum atomic E-state index is 14.4. The Morgan fingerprint density at radius 1 is 0.981 bits per heavy atom. The Balaban J connectivity index is 1.09. The first-order chi connectivity index (χ1) is 26.4. The van der Waals surface area contributed by atoms with Crippen LogP contribution in [0.3, 0.4) is 0 Å². The third-order valence-electron chi connectivity index (χ3n) is 11.0. The molecule has 0 saturated heterocycles. The van der Waals surface area contributed by atoms with Crippen LogP contribution in [0.4, 0.5) is 0 Å². The predicted octanol–water partition coefficient (Wildman–Crippen LogP) is 8.32. The van der Waals surface area contributed by atoms with Crippen molar-refractivity contribution >= 4 is 32.7 Å². The van der Waals surface area contributed by atoms with E-state index in [1.54, 1.807) is 12.3 Å². The van der Waals surface area contributed by atoms with Crippen molar-refractivity contribution in [3.63, 3.8) is 0 Å².